The van der Waals surface area contributed by atoms with E-state index in [2.05, 4.69) is 10.6 Å². The van der Waals surface area contributed by atoms with E-state index in [0.717, 1.165) is 0 Å². The number of amides is 1. The van der Waals surface area contributed by atoms with Gasteiger partial charge in [0.25, 0.3) is 0 Å². The number of carboxylic acids is 1. The first-order valence-electron chi connectivity index (χ1n) is 5.61. The molecular formula is C12H14N2O4S. The molecular weight excluding hydrogens is 268 g/mol. The molecule has 0 fully saturated rings. The molecule has 6 nitrogen and oxygen atoms in total. The Morgan fingerprint density at radius 1 is 1.37 bits per heavy atom. The van der Waals surface area contributed by atoms with Crippen LogP contribution in [-0.4, -0.2) is 27.2 Å². The molecule has 0 atom stereocenters. The third-order valence-corrected chi connectivity index (χ3v) is 2.42. The fourth-order valence-electron chi connectivity index (χ4n) is 1.36. The zero-order valence-corrected chi connectivity index (χ0v) is 11.1. The first-order valence-corrected chi connectivity index (χ1v) is 6.02. The average molecular weight is 282 g/mol. The van der Waals surface area contributed by atoms with E-state index in [1.165, 1.54) is 18.2 Å². The summed E-state index contributed by atoms with van der Waals surface area (Å²) < 4.78 is 0. The van der Waals surface area contributed by atoms with Crippen LogP contribution in [0, 0.1) is 0 Å². The summed E-state index contributed by atoms with van der Waals surface area (Å²) in [5.74, 6) is -1.79. The Hall–Kier alpha value is -2.15. The highest BCUT2D eigenvalue weighted by molar-refractivity contribution is 7.80. The predicted molar refractivity (Wildman–Crippen MR) is 74.3 cm³/mol. The van der Waals surface area contributed by atoms with Crippen molar-refractivity contribution in [1.82, 2.24) is 5.32 Å². The number of benzene rings is 1. The molecule has 0 saturated carbocycles. The summed E-state index contributed by atoms with van der Waals surface area (Å²) in [4.78, 5) is 22.1. The second-order valence-corrected chi connectivity index (χ2v) is 4.20. The molecule has 7 heteroatoms. The molecule has 1 amide bonds. The minimum atomic E-state index is -1.25. The number of rotatable bonds is 4. The van der Waals surface area contributed by atoms with Crippen molar-refractivity contribution >= 4 is 34.9 Å². The number of carbonyl (C=O) groups excluding carboxylic acids is 1. The quantitative estimate of drug-likeness (QED) is 0.495. The number of thiocarbonyl (C=S) groups is 1. The molecule has 0 spiro atoms. The zero-order valence-electron chi connectivity index (χ0n) is 10.3. The van der Waals surface area contributed by atoms with Gasteiger partial charge in [0.15, 0.2) is 5.11 Å². The fraction of sp³-hybridized carbons (Fsp3) is 0.250. The van der Waals surface area contributed by atoms with Crippen LogP contribution < -0.4 is 10.6 Å². The number of aromatic hydroxyl groups is 1. The van der Waals surface area contributed by atoms with Gasteiger partial charge in [0.05, 0.1) is 0 Å². The van der Waals surface area contributed by atoms with Gasteiger partial charge < -0.3 is 20.8 Å². The van der Waals surface area contributed by atoms with Crippen LogP contribution >= 0.6 is 12.2 Å². The number of aromatic carboxylic acids is 1. The lowest BCUT2D eigenvalue weighted by molar-refractivity contribution is -0.119. The summed E-state index contributed by atoms with van der Waals surface area (Å²) in [6.45, 7) is 1.87. The number of hydrogen-bond acceptors (Lipinski definition) is 4. The molecule has 0 aliphatic carbocycles. The van der Waals surface area contributed by atoms with Crippen molar-refractivity contribution in [2.24, 2.45) is 0 Å². The van der Waals surface area contributed by atoms with Gasteiger partial charge in [-0.2, -0.15) is 0 Å². The van der Waals surface area contributed by atoms with Crippen LogP contribution in [0.3, 0.4) is 0 Å². The van der Waals surface area contributed by atoms with Crippen molar-refractivity contribution in [2.75, 3.05) is 5.32 Å². The van der Waals surface area contributed by atoms with Gasteiger partial charge in [-0.1, -0.05) is 6.92 Å². The minimum Gasteiger partial charge on any atom is -0.507 e. The van der Waals surface area contributed by atoms with E-state index in [1.54, 1.807) is 0 Å². The first kappa shape index (κ1) is 14.9. The normalized spacial score (nSPS) is 9.74. The summed E-state index contributed by atoms with van der Waals surface area (Å²) in [5.41, 5.74) is 0.129. The highest BCUT2D eigenvalue weighted by atomic mass is 32.1. The monoisotopic (exact) mass is 282 g/mol. The summed E-state index contributed by atoms with van der Waals surface area (Å²) in [5, 5.41) is 23.4. The second-order valence-electron chi connectivity index (χ2n) is 3.79. The van der Waals surface area contributed by atoms with E-state index in [9.17, 15) is 14.7 Å². The van der Waals surface area contributed by atoms with Gasteiger partial charge >= 0.3 is 5.97 Å². The van der Waals surface area contributed by atoms with Crippen LogP contribution in [0.25, 0.3) is 0 Å². The number of hydrogen-bond donors (Lipinski definition) is 4. The zero-order chi connectivity index (χ0) is 14.4. The van der Waals surface area contributed by atoms with Gasteiger partial charge in [-0.25, -0.2) is 4.79 Å². The maximum atomic E-state index is 11.3. The maximum absolute atomic E-state index is 11.3. The van der Waals surface area contributed by atoms with Gasteiger partial charge in [0, 0.05) is 12.1 Å². The topological polar surface area (TPSA) is 98.7 Å². The SMILES string of the molecule is CCCC(=O)NC(=S)Nc1ccc(O)c(C(=O)O)c1. The Balaban J connectivity index is 2.72. The lowest BCUT2D eigenvalue weighted by atomic mass is 10.2. The molecule has 0 radical (unpaired) electrons. The largest absolute Gasteiger partial charge is 0.507 e. The van der Waals surface area contributed by atoms with Crippen molar-refractivity contribution in [3.05, 3.63) is 23.8 Å². The molecule has 1 aromatic rings. The van der Waals surface area contributed by atoms with E-state index in [0.29, 0.717) is 18.5 Å². The number of phenols is 1. The molecule has 102 valence electrons. The van der Waals surface area contributed by atoms with Crippen molar-refractivity contribution in [2.45, 2.75) is 19.8 Å². The van der Waals surface area contributed by atoms with Gasteiger partial charge in [-0.15, -0.1) is 0 Å². The van der Waals surface area contributed by atoms with Crippen LogP contribution in [0.1, 0.15) is 30.1 Å². The lowest BCUT2D eigenvalue weighted by Gasteiger charge is -2.10. The minimum absolute atomic E-state index is 0.0838. The van der Waals surface area contributed by atoms with E-state index in [-0.39, 0.29) is 22.3 Å². The van der Waals surface area contributed by atoms with Crippen LogP contribution in [-0.2, 0) is 4.79 Å². The Kier molecular flexibility index (Phi) is 5.25. The molecule has 0 unspecified atom stereocenters. The van der Waals surface area contributed by atoms with Gasteiger partial charge in [-0.05, 0) is 36.8 Å². The van der Waals surface area contributed by atoms with Crippen LogP contribution in [0.4, 0.5) is 5.69 Å². The molecule has 1 rings (SSSR count). The Morgan fingerprint density at radius 3 is 2.63 bits per heavy atom. The number of carbonyl (C=O) groups is 2. The second kappa shape index (κ2) is 6.69. The molecule has 0 bridgehead atoms. The molecule has 0 aliphatic heterocycles. The summed E-state index contributed by atoms with van der Waals surface area (Å²) in [6.07, 6.45) is 1.06. The van der Waals surface area contributed by atoms with Gasteiger partial charge in [0.1, 0.15) is 11.3 Å². The Labute approximate surface area is 115 Å². The average Bonchev–Trinajstić information content (AvgIpc) is 2.31. The smallest absolute Gasteiger partial charge is 0.339 e. The molecule has 0 saturated heterocycles. The summed E-state index contributed by atoms with van der Waals surface area (Å²) in [7, 11) is 0. The molecule has 1 aromatic carbocycles. The van der Waals surface area contributed by atoms with E-state index >= 15 is 0 Å². The highest BCUT2D eigenvalue weighted by Crippen LogP contribution is 2.21. The summed E-state index contributed by atoms with van der Waals surface area (Å²) >= 11 is 4.92. The molecule has 19 heavy (non-hydrogen) atoms. The van der Waals surface area contributed by atoms with Crippen LogP contribution in [0.2, 0.25) is 0 Å². The van der Waals surface area contributed by atoms with Crippen molar-refractivity contribution in [3.63, 3.8) is 0 Å². The third kappa shape index (κ3) is 4.55. The van der Waals surface area contributed by atoms with Gasteiger partial charge in [0.2, 0.25) is 5.91 Å². The first-order chi connectivity index (χ1) is 8.93. The predicted octanol–water partition coefficient (Wildman–Crippen LogP) is 1.70. The summed E-state index contributed by atoms with van der Waals surface area (Å²) in [6, 6.07) is 3.93. The van der Waals surface area contributed by atoms with E-state index in [4.69, 9.17) is 17.3 Å². The number of nitrogens with one attached hydrogen (secondary N) is 2. The fourth-order valence-corrected chi connectivity index (χ4v) is 1.60. The Bertz CT molecular complexity index is 516. The lowest BCUT2D eigenvalue weighted by Crippen LogP contribution is -2.33. The molecule has 4 N–H and O–H groups in total. The van der Waals surface area contributed by atoms with Crippen molar-refractivity contribution in [3.8, 4) is 5.75 Å². The third-order valence-electron chi connectivity index (χ3n) is 2.21. The molecule has 0 heterocycles. The number of anilines is 1. The van der Waals surface area contributed by atoms with Crippen molar-refractivity contribution in [1.29, 1.82) is 0 Å². The van der Waals surface area contributed by atoms with E-state index < -0.39 is 5.97 Å². The van der Waals surface area contributed by atoms with Crippen molar-refractivity contribution < 1.29 is 19.8 Å². The standard InChI is InChI=1S/C12H14N2O4S/c1-2-3-10(16)14-12(19)13-7-4-5-9(15)8(6-7)11(17)18/h4-6,15H,2-3H2,1H3,(H,17,18)(H2,13,14,16,19). The van der Waals surface area contributed by atoms with E-state index in [1.807, 2.05) is 6.92 Å². The maximum Gasteiger partial charge on any atom is 0.339 e. The molecule has 0 aliphatic rings. The van der Waals surface area contributed by atoms with Gasteiger partial charge in [-0.3, -0.25) is 4.79 Å². The van der Waals surface area contributed by atoms with Crippen LogP contribution in [0.15, 0.2) is 18.2 Å². The highest BCUT2D eigenvalue weighted by Gasteiger charge is 2.11. The number of carboxylic acid groups (broad SMARTS) is 1. The molecule has 0 aromatic heterocycles. The van der Waals surface area contributed by atoms with Crippen LogP contribution in [0.5, 0.6) is 5.75 Å². The Morgan fingerprint density at radius 2 is 2.05 bits per heavy atom.